The third-order valence-electron chi connectivity index (χ3n) is 4.47. The lowest BCUT2D eigenvalue weighted by molar-refractivity contribution is -0.118. The van der Waals surface area contributed by atoms with Crippen molar-refractivity contribution in [2.75, 3.05) is 12.3 Å². The highest BCUT2D eigenvalue weighted by Crippen LogP contribution is 2.54. The van der Waals surface area contributed by atoms with Gasteiger partial charge in [-0.25, -0.2) is 0 Å². The lowest BCUT2D eigenvalue weighted by Gasteiger charge is -2.07. The molecule has 1 aliphatic carbocycles. The van der Waals surface area contributed by atoms with Gasteiger partial charge in [-0.2, -0.15) is 0 Å². The maximum atomic E-state index is 11.8. The van der Waals surface area contributed by atoms with Gasteiger partial charge in [0.05, 0.1) is 5.75 Å². The van der Waals surface area contributed by atoms with Crippen LogP contribution in [0.4, 0.5) is 0 Å². The van der Waals surface area contributed by atoms with E-state index in [2.05, 4.69) is 64.8 Å². The summed E-state index contributed by atoms with van der Waals surface area (Å²) in [5, 5.41) is 12.3. The van der Waals surface area contributed by atoms with Crippen molar-refractivity contribution >= 4 is 17.7 Å². The molecule has 132 valence electrons. The molecule has 1 aliphatic rings. The lowest BCUT2D eigenvalue weighted by Crippen LogP contribution is -2.25. The Balaban J connectivity index is 1.65. The van der Waals surface area contributed by atoms with Crippen molar-refractivity contribution in [1.82, 2.24) is 20.1 Å². The molecule has 1 N–H and O–H groups in total. The average Bonchev–Trinajstić information content (AvgIpc) is 3.30. The standard InChI is InChI=1S/C19H24N4OS/c1-4-10-20-17(24)12-25-19-22-21-18(23(19)5-2)16-11-15(16)14-8-6-13(3)7-9-14/h4,6-9,15-16H,1,5,10-12H2,2-3H3,(H,20,24)/t15-,16-/m0/s1. The Labute approximate surface area is 152 Å². The SMILES string of the molecule is C=CCNC(=O)CSc1nnc([C@H]2C[C@H]2c2ccc(C)cc2)n1CC. The molecule has 1 heterocycles. The summed E-state index contributed by atoms with van der Waals surface area (Å²) in [7, 11) is 0. The fourth-order valence-corrected chi connectivity index (χ4v) is 3.85. The first-order chi connectivity index (χ1) is 12.1. The van der Waals surface area contributed by atoms with E-state index in [4.69, 9.17) is 0 Å². The number of amides is 1. The Bertz CT molecular complexity index is 753. The number of carbonyl (C=O) groups is 1. The van der Waals surface area contributed by atoms with Gasteiger partial charge in [0.25, 0.3) is 0 Å². The number of nitrogens with zero attached hydrogens (tertiary/aromatic N) is 3. The van der Waals surface area contributed by atoms with Crippen LogP contribution in [0.1, 0.15) is 42.1 Å². The Morgan fingerprint density at radius 1 is 1.36 bits per heavy atom. The third-order valence-corrected chi connectivity index (χ3v) is 5.43. The van der Waals surface area contributed by atoms with Crippen LogP contribution in [-0.2, 0) is 11.3 Å². The number of thioether (sulfide) groups is 1. The van der Waals surface area contributed by atoms with Crippen LogP contribution in [0.3, 0.4) is 0 Å². The van der Waals surface area contributed by atoms with Crippen molar-refractivity contribution in [1.29, 1.82) is 0 Å². The molecule has 6 heteroatoms. The molecular formula is C19H24N4OS. The largest absolute Gasteiger partial charge is 0.352 e. The summed E-state index contributed by atoms with van der Waals surface area (Å²) in [6, 6.07) is 8.76. The Morgan fingerprint density at radius 2 is 2.12 bits per heavy atom. The molecule has 0 aliphatic heterocycles. The highest BCUT2D eigenvalue weighted by atomic mass is 32.2. The molecule has 5 nitrogen and oxygen atoms in total. The normalized spacial score (nSPS) is 18.8. The average molecular weight is 356 g/mol. The molecule has 1 fully saturated rings. The van der Waals surface area contributed by atoms with Gasteiger partial charge in [0.1, 0.15) is 5.82 Å². The summed E-state index contributed by atoms with van der Waals surface area (Å²) in [5.74, 6) is 2.34. The number of aromatic nitrogens is 3. The third kappa shape index (κ3) is 4.12. The Hall–Kier alpha value is -2.08. The number of benzene rings is 1. The van der Waals surface area contributed by atoms with E-state index in [9.17, 15) is 4.79 Å². The van der Waals surface area contributed by atoms with Gasteiger partial charge in [-0.3, -0.25) is 4.79 Å². The zero-order valence-corrected chi connectivity index (χ0v) is 15.6. The zero-order valence-electron chi connectivity index (χ0n) is 14.7. The minimum Gasteiger partial charge on any atom is -0.352 e. The van der Waals surface area contributed by atoms with E-state index in [0.717, 1.165) is 23.9 Å². The van der Waals surface area contributed by atoms with Crippen molar-refractivity contribution in [2.24, 2.45) is 0 Å². The van der Waals surface area contributed by atoms with Crippen LogP contribution in [-0.4, -0.2) is 33.0 Å². The number of nitrogens with one attached hydrogen (secondary N) is 1. The Kier molecular flexibility index (Phi) is 5.58. The fourth-order valence-electron chi connectivity index (χ4n) is 3.01. The van der Waals surface area contributed by atoms with Crippen molar-refractivity contribution < 1.29 is 4.79 Å². The molecule has 1 amide bonds. The molecule has 3 rings (SSSR count). The molecule has 2 aromatic rings. The minimum absolute atomic E-state index is 0.0129. The number of carbonyl (C=O) groups excluding carboxylic acids is 1. The lowest BCUT2D eigenvalue weighted by atomic mass is 10.1. The van der Waals surface area contributed by atoms with Crippen LogP contribution < -0.4 is 5.32 Å². The molecule has 1 aromatic carbocycles. The first-order valence-electron chi connectivity index (χ1n) is 8.64. The fraction of sp³-hybridized carbons (Fsp3) is 0.421. The summed E-state index contributed by atoms with van der Waals surface area (Å²) in [4.78, 5) is 11.8. The molecule has 2 atom stereocenters. The molecule has 0 saturated heterocycles. The summed E-state index contributed by atoms with van der Waals surface area (Å²) in [6.07, 6.45) is 2.79. The van der Waals surface area contributed by atoms with Crippen LogP contribution in [0.2, 0.25) is 0 Å². The predicted molar refractivity (Wildman–Crippen MR) is 101 cm³/mol. The van der Waals surface area contributed by atoms with Gasteiger partial charge in [0, 0.05) is 19.0 Å². The van der Waals surface area contributed by atoms with Crippen LogP contribution >= 0.6 is 11.8 Å². The van der Waals surface area contributed by atoms with E-state index in [1.54, 1.807) is 6.08 Å². The molecule has 0 bridgehead atoms. The summed E-state index contributed by atoms with van der Waals surface area (Å²) in [5.41, 5.74) is 2.66. The van der Waals surface area contributed by atoms with Gasteiger partial charge < -0.3 is 9.88 Å². The molecule has 0 radical (unpaired) electrons. The van der Waals surface area contributed by atoms with Crippen LogP contribution in [0.15, 0.2) is 42.1 Å². The molecule has 0 unspecified atom stereocenters. The van der Waals surface area contributed by atoms with Gasteiger partial charge in [-0.1, -0.05) is 47.7 Å². The molecular weight excluding hydrogens is 332 g/mol. The van der Waals surface area contributed by atoms with E-state index < -0.39 is 0 Å². The predicted octanol–water partition coefficient (Wildman–Crippen LogP) is 3.27. The number of hydrogen-bond donors (Lipinski definition) is 1. The maximum Gasteiger partial charge on any atom is 0.230 e. The molecule has 0 spiro atoms. The molecule has 1 saturated carbocycles. The zero-order chi connectivity index (χ0) is 17.8. The van der Waals surface area contributed by atoms with Crippen LogP contribution in [0.25, 0.3) is 0 Å². The van der Waals surface area contributed by atoms with Gasteiger partial charge in [0.15, 0.2) is 5.16 Å². The minimum atomic E-state index is -0.0129. The van der Waals surface area contributed by atoms with Gasteiger partial charge in [0.2, 0.25) is 5.91 Å². The van der Waals surface area contributed by atoms with Crippen molar-refractivity contribution in [3.8, 4) is 0 Å². The second kappa shape index (κ2) is 7.87. The van der Waals surface area contributed by atoms with Crippen LogP contribution in [0.5, 0.6) is 0 Å². The topological polar surface area (TPSA) is 59.8 Å². The summed E-state index contributed by atoms with van der Waals surface area (Å²) >= 11 is 1.44. The van der Waals surface area contributed by atoms with Crippen LogP contribution in [0, 0.1) is 6.92 Å². The first-order valence-corrected chi connectivity index (χ1v) is 9.62. The van der Waals surface area contributed by atoms with Gasteiger partial charge in [-0.05, 0) is 31.7 Å². The smallest absolute Gasteiger partial charge is 0.230 e. The molecule has 25 heavy (non-hydrogen) atoms. The first kappa shape index (κ1) is 17.7. The summed E-state index contributed by atoms with van der Waals surface area (Å²) in [6.45, 7) is 9.11. The highest BCUT2D eigenvalue weighted by Gasteiger charge is 2.43. The van der Waals surface area contributed by atoms with Gasteiger partial charge in [-0.15, -0.1) is 16.8 Å². The van der Waals surface area contributed by atoms with E-state index in [1.807, 2.05) is 0 Å². The maximum absolute atomic E-state index is 11.8. The second-order valence-electron chi connectivity index (χ2n) is 6.33. The van der Waals surface area contributed by atoms with E-state index in [1.165, 1.54) is 22.9 Å². The quantitative estimate of drug-likeness (QED) is 0.582. The van der Waals surface area contributed by atoms with E-state index in [0.29, 0.717) is 24.1 Å². The highest BCUT2D eigenvalue weighted by molar-refractivity contribution is 7.99. The monoisotopic (exact) mass is 356 g/mol. The van der Waals surface area contributed by atoms with Crippen molar-refractivity contribution in [2.45, 2.75) is 43.8 Å². The Morgan fingerprint density at radius 3 is 2.80 bits per heavy atom. The van der Waals surface area contributed by atoms with E-state index >= 15 is 0 Å². The van der Waals surface area contributed by atoms with Crippen molar-refractivity contribution in [3.05, 3.63) is 53.9 Å². The van der Waals surface area contributed by atoms with Crippen molar-refractivity contribution in [3.63, 3.8) is 0 Å². The summed E-state index contributed by atoms with van der Waals surface area (Å²) < 4.78 is 2.14. The van der Waals surface area contributed by atoms with Gasteiger partial charge >= 0.3 is 0 Å². The van der Waals surface area contributed by atoms with E-state index in [-0.39, 0.29) is 5.91 Å². The second-order valence-corrected chi connectivity index (χ2v) is 7.27. The number of aryl methyl sites for hydroxylation is 1. The number of hydrogen-bond acceptors (Lipinski definition) is 4. The number of rotatable bonds is 8. The molecule has 1 aromatic heterocycles.